The number of nitrogens with zero attached hydrogens (tertiary/aromatic N) is 1. The van der Waals surface area contributed by atoms with Crippen LogP contribution in [0.5, 0.6) is 0 Å². The van der Waals surface area contributed by atoms with Gasteiger partial charge in [-0.25, -0.2) is 5.84 Å². The minimum Gasteiger partial charge on any atom is -0.306 e. The van der Waals surface area contributed by atoms with E-state index in [-0.39, 0.29) is 11.3 Å². The van der Waals surface area contributed by atoms with Crippen LogP contribution in [-0.4, -0.2) is 30.9 Å². The first kappa shape index (κ1) is 12.5. The Morgan fingerprint density at radius 3 is 2.40 bits per heavy atom. The fourth-order valence-corrected chi connectivity index (χ4v) is 2.51. The molecule has 15 heavy (non-hydrogen) atoms. The molecule has 0 spiro atoms. The van der Waals surface area contributed by atoms with Crippen molar-refractivity contribution in [3.05, 3.63) is 0 Å². The number of hydrazine groups is 1. The molecular weight excluding hydrogens is 190 g/mol. The molecule has 1 aliphatic rings. The van der Waals surface area contributed by atoms with Crippen LogP contribution in [0.3, 0.4) is 0 Å². The Hall–Kier alpha value is -0.610. The quantitative estimate of drug-likeness (QED) is 0.413. The maximum Gasteiger partial charge on any atom is 0.240 e. The van der Waals surface area contributed by atoms with Crippen LogP contribution in [0, 0.1) is 11.3 Å². The third-order valence-electron chi connectivity index (χ3n) is 3.36. The molecule has 88 valence electrons. The zero-order chi connectivity index (χ0) is 11.5. The molecule has 4 nitrogen and oxygen atoms in total. The first-order chi connectivity index (χ1) is 7.00. The Morgan fingerprint density at radius 2 is 2.00 bits per heavy atom. The van der Waals surface area contributed by atoms with Gasteiger partial charge in [-0.1, -0.05) is 13.8 Å². The maximum atomic E-state index is 11.9. The molecular formula is C11H23N3O. The number of amides is 1. The topological polar surface area (TPSA) is 58.4 Å². The normalized spacial score (nSPS) is 21.7. The average Bonchev–Trinajstić information content (AvgIpc) is 2.20. The highest BCUT2D eigenvalue weighted by atomic mass is 16.2. The van der Waals surface area contributed by atoms with E-state index in [0.29, 0.717) is 5.92 Å². The first-order valence-corrected chi connectivity index (χ1v) is 5.70. The Balaban J connectivity index is 2.73. The highest BCUT2D eigenvalue weighted by molar-refractivity contribution is 5.82. The Morgan fingerprint density at radius 1 is 1.47 bits per heavy atom. The number of carbonyl (C=O) groups is 1. The molecule has 0 aromatic rings. The lowest BCUT2D eigenvalue weighted by molar-refractivity contribution is -0.135. The second-order valence-corrected chi connectivity index (χ2v) is 5.16. The van der Waals surface area contributed by atoms with Crippen LogP contribution < -0.4 is 11.3 Å². The van der Waals surface area contributed by atoms with Gasteiger partial charge in [0, 0.05) is 0 Å². The van der Waals surface area contributed by atoms with Crippen LogP contribution in [0.1, 0.15) is 33.1 Å². The van der Waals surface area contributed by atoms with Gasteiger partial charge < -0.3 is 4.90 Å². The van der Waals surface area contributed by atoms with Crippen LogP contribution in [0.2, 0.25) is 0 Å². The lowest BCUT2D eigenvalue weighted by Gasteiger charge is -2.40. The molecule has 1 aliphatic heterocycles. The Kier molecular flexibility index (Phi) is 4.11. The van der Waals surface area contributed by atoms with Gasteiger partial charge in [0.05, 0.1) is 5.41 Å². The van der Waals surface area contributed by atoms with Crippen molar-refractivity contribution in [2.24, 2.45) is 17.2 Å². The van der Waals surface area contributed by atoms with E-state index in [1.165, 1.54) is 0 Å². The summed E-state index contributed by atoms with van der Waals surface area (Å²) in [5, 5.41) is 0. The van der Waals surface area contributed by atoms with E-state index in [2.05, 4.69) is 31.2 Å². The predicted molar refractivity (Wildman–Crippen MR) is 60.9 cm³/mol. The summed E-state index contributed by atoms with van der Waals surface area (Å²) in [7, 11) is 2.10. The van der Waals surface area contributed by atoms with Crippen LogP contribution in [0.15, 0.2) is 0 Å². The molecule has 3 N–H and O–H groups in total. The second kappa shape index (κ2) is 4.94. The molecule has 0 aromatic heterocycles. The van der Waals surface area contributed by atoms with Gasteiger partial charge in [-0.05, 0) is 45.3 Å². The van der Waals surface area contributed by atoms with E-state index in [4.69, 9.17) is 5.84 Å². The SMILES string of the molecule is CC(C)CC1(C(=O)NN)CCN(C)CC1. The van der Waals surface area contributed by atoms with Gasteiger partial charge in [0.25, 0.3) is 0 Å². The molecule has 1 amide bonds. The molecule has 0 aliphatic carbocycles. The standard InChI is InChI=1S/C11H23N3O/c1-9(2)8-11(10(15)13-12)4-6-14(3)7-5-11/h9H,4-8,12H2,1-3H3,(H,13,15). The summed E-state index contributed by atoms with van der Waals surface area (Å²) in [6.45, 7) is 6.29. The van der Waals surface area contributed by atoms with Gasteiger partial charge in [0.15, 0.2) is 0 Å². The van der Waals surface area contributed by atoms with Gasteiger partial charge >= 0.3 is 0 Å². The van der Waals surface area contributed by atoms with Crippen molar-refractivity contribution in [1.82, 2.24) is 10.3 Å². The molecule has 0 radical (unpaired) electrons. The Bertz CT molecular complexity index is 220. The molecule has 0 saturated carbocycles. The molecule has 0 unspecified atom stereocenters. The number of hydrogen-bond acceptors (Lipinski definition) is 3. The molecule has 1 heterocycles. The fraction of sp³-hybridized carbons (Fsp3) is 0.909. The zero-order valence-electron chi connectivity index (χ0n) is 10.0. The molecule has 0 atom stereocenters. The summed E-state index contributed by atoms with van der Waals surface area (Å²) in [6, 6.07) is 0. The lowest BCUT2D eigenvalue weighted by Crippen LogP contribution is -2.50. The van der Waals surface area contributed by atoms with Crippen LogP contribution in [-0.2, 0) is 4.79 Å². The van der Waals surface area contributed by atoms with Crippen molar-refractivity contribution in [2.75, 3.05) is 20.1 Å². The van der Waals surface area contributed by atoms with Gasteiger partial charge in [0.2, 0.25) is 5.91 Å². The molecule has 4 heteroatoms. The average molecular weight is 213 g/mol. The van der Waals surface area contributed by atoms with Crippen molar-refractivity contribution in [3.8, 4) is 0 Å². The summed E-state index contributed by atoms with van der Waals surface area (Å²) >= 11 is 0. The summed E-state index contributed by atoms with van der Waals surface area (Å²) in [6.07, 6.45) is 2.78. The lowest BCUT2D eigenvalue weighted by atomic mass is 9.72. The Labute approximate surface area is 92.2 Å². The van der Waals surface area contributed by atoms with Crippen molar-refractivity contribution in [2.45, 2.75) is 33.1 Å². The highest BCUT2D eigenvalue weighted by Gasteiger charge is 2.40. The van der Waals surface area contributed by atoms with Crippen molar-refractivity contribution in [3.63, 3.8) is 0 Å². The molecule has 0 bridgehead atoms. The third kappa shape index (κ3) is 2.92. The predicted octanol–water partition coefficient (Wildman–Crippen LogP) is 0.734. The largest absolute Gasteiger partial charge is 0.306 e. The van der Waals surface area contributed by atoms with E-state index < -0.39 is 0 Å². The molecule has 1 rings (SSSR count). The van der Waals surface area contributed by atoms with E-state index in [1.807, 2.05) is 0 Å². The highest BCUT2D eigenvalue weighted by Crippen LogP contribution is 2.37. The second-order valence-electron chi connectivity index (χ2n) is 5.16. The number of likely N-dealkylation sites (tertiary alicyclic amines) is 1. The number of rotatable bonds is 3. The zero-order valence-corrected chi connectivity index (χ0v) is 10.0. The van der Waals surface area contributed by atoms with Gasteiger partial charge in [-0.15, -0.1) is 0 Å². The smallest absolute Gasteiger partial charge is 0.240 e. The third-order valence-corrected chi connectivity index (χ3v) is 3.36. The van der Waals surface area contributed by atoms with Crippen molar-refractivity contribution in [1.29, 1.82) is 0 Å². The van der Waals surface area contributed by atoms with E-state index in [1.54, 1.807) is 0 Å². The van der Waals surface area contributed by atoms with E-state index in [9.17, 15) is 4.79 Å². The van der Waals surface area contributed by atoms with Gasteiger partial charge in [0.1, 0.15) is 0 Å². The minimum absolute atomic E-state index is 0.0179. The number of piperidine rings is 1. The van der Waals surface area contributed by atoms with E-state index >= 15 is 0 Å². The molecule has 1 saturated heterocycles. The summed E-state index contributed by atoms with van der Waals surface area (Å²) in [5.41, 5.74) is 2.11. The monoisotopic (exact) mass is 213 g/mol. The fourth-order valence-electron chi connectivity index (χ4n) is 2.51. The maximum absolute atomic E-state index is 11.9. The van der Waals surface area contributed by atoms with Gasteiger partial charge in [-0.2, -0.15) is 0 Å². The van der Waals surface area contributed by atoms with Crippen LogP contribution in [0.25, 0.3) is 0 Å². The number of nitrogens with one attached hydrogen (secondary N) is 1. The summed E-state index contributed by atoms with van der Waals surface area (Å²) in [5.74, 6) is 5.84. The van der Waals surface area contributed by atoms with Crippen molar-refractivity contribution < 1.29 is 4.79 Å². The van der Waals surface area contributed by atoms with Crippen LogP contribution >= 0.6 is 0 Å². The molecule has 1 fully saturated rings. The molecule has 0 aromatic carbocycles. The van der Waals surface area contributed by atoms with Crippen molar-refractivity contribution >= 4 is 5.91 Å². The summed E-state index contributed by atoms with van der Waals surface area (Å²) in [4.78, 5) is 14.1. The van der Waals surface area contributed by atoms with Gasteiger partial charge in [-0.3, -0.25) is 10.2 Å². The number of hydrogen-bond donors (Lipinski definition) is 2. The first-order valence-electron chi connectivity index (χ1n) is 5.70. The van der Waals surface area contributed by atoms with E-state index in [0.717, 1.165) is 32.4 Å². The van der Waals surface area contributed by atoms with Crippen LogP contribution in [0.4, 0.5) is 0 Å². The number of nitrogens with two attached hydrogens (primary N) is 1. The number of carbonyl (C=O) groups excluding carboxylic acids is 1. The summed E-state index contributed by atoms with van der Waals surface area (Å²) < 4.78 is 0. The minimum atomic E-state index is -0.227.